The van der Waals surface area contributed by atoms with E-state index in [0.717, 1.165) is 36.8 Å². The maximum atomic E-state index is 13.9. The largest absolute Gasteiger partial charge is 0.491 e. The molecular weight excluding hydrogens is 544 g/mol. The minimum Gasteiger partial charge on any atom is -0.491 e. The number of amides is 4. The van der Waals surface area contributed by atoms with Crippen LogP contribution in [0.15, 0.2) is 60.8 Å². The summed E-state index contributed by atoms with van der Waals surface area (Å²) in [6.45, 7) is 4.86. The maximum absolute atomic E-state index is 13.9. The fourth-order valence-electron chi connectivity index (χ4n) is 6.80. The average molecular weight is 583 g/mol. The highest BCUT2D eigenvalue weighted by atomic mass is 16.5. The van der Waals surface area contributed by atoms with Gasteiger partial charge < -0.3 is 25.6 Å². The van der Waals surface area contributed by atoms with Gasteiger partial charge in [-0.25, -0.2) is 4.79 Å². The minimum atomic E-state index is -0.645. The van der Waals surface area contributed by atoms with Gasteiger partial charge in [0.1, 0.15) is 24.1 Å². The van der Waals surface area contributed by atoms with Crippen LogP contribution in [-0.4, -0.2) is 51.7 Å². The number of aromatic nitrogens is 2. The van der Waals surface area contributed by atoms with Crippen molar-refractivity contribution in [1.82, 2.24) is 25.3 Å². The fraction of sp³-hybridized carbons (Fsp3) is 0.455. The van der Waals surface area contributed by atoms with Gasteiger partial charge in [-0.3, -0.25) is 14.3 Å². The van der Waals surface area contributed by atoms with E-state index in [9.17, 15) is 14.4 Å². The second kappa shape index (κ2) is 11.1. The van der Waals surface area contributed by atoms with Crippen LogP contribution in [0.1, 0.15) is 79.3 Å². The molecule has 4 aliphatic rings. The molecule has 4 amide bonds. The zero-order chi connectivity index (χ0) is 29.7. The van der Waals surface area contributed by atoms with Gasteiger partial charge in [0.2, 0.25) is 5.91 Å². The summed E-state index contributed by atoms with van der Waals surface area (Å²) in [5.41, 5.74) is 3.05. The van der Waals surface area contributed by atoms with Gasteiger partial charge in [0, 0.05) is 36.1 Å². The normalized spacial score (nSPS) is 21.9. The molecule has 3 fully saturated rings. The molecule has 0 spiro atoms. The Bertz CT molecular complexity index is 1520. The lowest BCUT2D eigenvalue weighted by Crippen LogP contribution is -2.50. The predicted octanol–water partition coefficient (Wildman–Crippen LogP) is 4.84. The third kappa shape index (κ3) is 5.46. The van der Waals surface area contributed by atoms with Gasteiger partial charge in [-0.05, 0) is 75.0 Å². The van der Waals surface area contributed by atoms with Crippen LogP contribution in [0.3, 0.4) is 0 Å². The molecule has 2 aliphatic heterocycles. The number of urea groups is 1. The van der Waals surface area contributed by atoms with Crippen molar-refractivity contribution in [1.29, 1.82) is 0 Å². The number of hydrogen-bond acceptors (Lipinski definition) is 5. The number of benzene rings is 2. The maximum Gasteiger partial charge on any atom is 0.318 e. The van der Waals surface area contributed by atoms with Crippen LogP contribution >= 0.6 is 0 Å². The predicted molar refractivity (Wildman–Crippen MR) is 161 cm³/mol. The summed E-state index contributed by atoms with van der Waals surface area (Å²) in [7, 11) is 0. The van der Waals surface area contributed by atoms with Crippen molar-refractivity contribution in [3.8, 4) is 5.75 Å². The van der Waals surface area contributed by atoms with E-state index in [1.807, 2.05) is 67.3 Å². The molecule has 1 aromatic heterocycles. The van der Waals surface area contributed by atoms with Crippen LogP contribution in [-0.2, 0) is 4.79 Å². The molecule has 10 nitrogen and oxygen atoms in total. The van der Waals surface area contributed by atoms with Crippen molar-refractivity contribution >= 4 is 23.5 Å². The molecule has 1 saturated heterocycles. The number of carbonyl (C=O) groups excluding carboxylic acids is 3. The molecule has 3 heterocycles. The van der Waals surface area contributed by atoms with Crippen LogP contribution in [0.2, 0.25) is 0 Å². The van der Waals surface area contributed by atoms with Gasteiger partial charge in [-0.1, -0.05) is 36.4 Å². The third-order valence-electron chi connectivity index (χ3n) is 9.23. The Labute approximate surface area is 251 Å². The number of rotatable bonds is 10. The molecule has 224 valence electrons. The van der Waals surface area contributed by atoms with Crippen LogP contribution in [0, 0.1) is 17.8 Å². The average Bonchev–Trinajstić information content (AvgIpc) is 3.89. The number of ether oxygens (including phenoxy) is 1. The molecule has 3 N–H and O–H groups in total. The third-order valence-corrected chi connectivity index (χ3v) is 9.23. The summed E-state index contributed by atoms with van der Waals surface area (Å²) >= 11 is 0. The summed E-state index contributed by atoms with van der Waals surface area (Å²) in [5, 5.41) is 13.6. The van der Waals surface area contributed by atoms with E-state index in [-0.39, 0.29) is 41.9 Å². The zero-order valence-electron chi connectivity index (χ0n) is 24.5. The van der Waals surface area contributed by atoms with Crippen molar-refractivity contribution < 1.29 is 19.1 Å². The topological polar surface area (TPSA) is 118 Å². The van der Waals surface area contributed by atoms with Gasteiger partial charge >= 0.3 is 6.03 Å². The van der Waals surface area contributed by atoms with E-state index < -0.39 is 6.04 Å². The Balaban J connectivity index is 1.07. The standard InChI is InChI=1S/C33H38N6O4/c1-19(2)39-26(14-15-34-39)31(40)37-30(29(21-8-9-21)22-10-11-22)32(41)35-23-12-13-24-27(18-43-28(24)16-23)38-17-25(36-33(38)42)20-6-4-3-5-7-20/h3-7,12-16,19,21-22,25,27,29-30H,8-11,17-18H2,1-2H3,(H,35,41)(H,36,42)(H,37,40)/t25-,27+,30-/m0/s1. The van der Waals surface area contributed by atoms with Crippen molar-refractivity contribution in [3.05, 3.63) is 77.6 Å². The highest BCUT2D eigenvalue weighted by Gasteiger charge is 2.48. The highest BCUT2D eigenvalue weighted by Crippen LogP contribution is 2.51. The Hall–Kier alpha value is -4.34. The summed E-state index contributed by atoms with van der Waals surface area (Å²) in [6.07, 6.45) is 5.98. The first-order chi connectivity index (χ1) is 20.9. The van der Waals surface area contributed by atoms with Crippen LogP contribution in [0.25, 0.3) is 0 Å². The number of nitrogens with one attached hydrogen (secondary N) is 3. The Morgan fingerprint density at radius 1 is 1.02 bits per heavy atom. The van der Waals surface area contributed by atoms with E-state index in [0.29, 0.717) is 42.1 Å². The van der Waals surface area contributed by atoms with E-state index in [2.05, 4.69) is 21.0 Å². The zero-order valence-corrected chi connectivity index (χ0v) is 24.5. The van der Waals surface area contributed by atoms with Gasteiger partial charge in [-0.2, -0.15) is 5.10 Å². The van der Waals surface area contributed by atoms with Crippen molar-refractivity contribution in [2.24, 2.45) is 17.8 Å². The molecule has 10 heteroatoms. The molecule has 2 saturated carbocycles. The molecule has 3 atom stereocenters. The number of anilines is 1. The Morgan fingerprint density at radius 3 is 2.47 bits per heavy atom. The highest BCUT2D eigenvalue weighted by molar-refractivity contribution is 6.01. The summed E-state index contributed by atoms with van der Waals surface area (Å²) < 4.78 is 7.72. The van der Waals surface area contributed by atoms with E-state index in [1.165, 1.54) is 0 Å². The Kier molecular flexibility index (Phi) is 7.07. The molecule has 43 heavy (non-hydrogen) atoms. The quantitative estimate of drug-likeness (QED) is 0.316. The number of hydrogen-bond donors (Lipinski definition) is 3. The lowest BCUT2D eigenvalue weighted by Gasteiger charge is -2.28. The first kappa shape index (κ1) is 27.5. The Morgan fingerprint density at radius 2 is 1.77 bits per heavy atom. The molecule has 3 aromatic rings. The monoisotopic (exact) mass is 582 g/mol. The SMILES string of the molecule is CC(C)n1nccc1C(=O)N[C@H](C(=O)Nc1ccc2c(c1)OC[C@H]2N1C[C@@H](c2ccccc2)NC1=O)C(C1CC1)C1CC1. The number of carbonyl (C=O) groups is 3. The summed E-state index contributed by atoms with van der Waals surface area (Å²) in [4.78, 5) is 42.1. The van der Waals surface area contributed by atoms with Gasteiger partial charge in [-0.15, -0.1) is 0 Å². The lowest BCUT2D eigenvalue weighted by atomic mass is 9.88. The second-order valence-corrected chi connectivity index (χ2v) is 12.6. The van der Waals surface area contributed by atoms with Gasteiger partial charge in [0.15, 0.2) is 0 Å². The molecular formula is C33H38N6O4. The van der Waals surface area contributed by atoms with Crippen molar-refractivity contribution in [3.63, 3.8) is 0 Å². The summed E-state index contributed by atoms with van der Waals surface area (Å²) in [6, 6.07) is 16.3. The van der Waals surface area contributed by atoms with Crippen LogP contribution in [0.4, 0.5) is 10.5 Å². The van der Waals surface area contributed by atoms with Crippen LogP contribution in [0.5, 0.6) is 5.75 Å². The molecule has 0 bridgehead atoms. The molecule has 7 rings (SSSR count). The lowest BCUT2D eigenvalue weighted by molar-refractivity contribution is -0.119. The van der Waals surface area contributed by atoms with Gasteiger partial charge in [0.25, 0.3) is 5.91 Å². The first-order valence-corrected chi connectivity index (χ1v) is 15.4. The second-order valence-electron chi connectivity index (χ2n) is 12.6. The van der Waals surface area contributed by atoms with Crippen molar-refractivity contribution in [2.45, 2.75) is 63.7 Å². The van der Waals surface area contributed by atoms with E-state index >= 15 is 0 Å². The van der Waals surface area contributed by atoms with E-state index in [4.69, 9.17) is 4.74 Å². The molecule has 0 unspecified atom stereocenters. The van der Waals surface area contributed by atoms with Gasteiger partial charge in [0.05, 0.1) is 12.1 Å². The van der Waals surface area contributed by atoms with E-state index in [1.54, 1.807) is 16.9 Å². The van der Waals surface area contributed by atoms with Crippen LogP contribution < -0.4 is 20.7 Å². The minimum absolute atomic E-state index is 0.0248. The molecule has 2 aromatic carbocycles. The molecule has 2 aliphatic carbocycles. The first-order valence-electron chi connectivity index (χ1n) is 15.4. The smallest absolute Gasteiger partial charge is 0.318 e. The number of nitrogens with zero attached hydrogens (tertiary/aromatic N) is 3. The van der Waals surface area contributed by atoms with Crippen molar-refractivity contribution in [2.75, 3.05) is 18.5 Å². The molecule has 0 radical (unpaired) electrons. The fourth-order valence-corrected chi connectivity index (χ4v) is 6.80. The number of fused-ring (bicyclic) bond motifs is 1. The summed E-state index contributed by atoms with van der Waals surface area (Å²) in [5.74, 6) is 1.17.